The third kappa shape index (κ3) is 4.09. The van der Waals surface area contributed by atoms with Crippen LogP contribution in [0.1, 0.15) is 48.9 Å². The first kappa shape index (κ1) is 13.6. The van der Waals surface area contributed by atoms with Gasteiger partial charge in [-0.25, -0.2) is 23.1 Å². The zero-order valence-electron chi connectivity index (χ0n) is 24.4. The van der Waals surface area contributed by atoms with E-state index >= 15 is 0 Å². The van der Waals surface area contributed by atoms with Gasteiger partial charge in [0, 0.05) is 35.7 Å². The maximum Gasteiger partial charge on any atom is 0.224 e. The summed E-state index contributed by atoms with van der Waals surface area (Å²) in [5.74, 6) is -4.11. The molecule has 2 fully saturated rings. The number of hydrogen-bond donors (Lipinski definition) is 3. The fraction of sp³-hybridized carbons (Fsp3) is 0.476. The van der Waals surface area contributed by atoms with Gasteiger partial charge in [0.2, 0.25) is 11.9 Å². The molecule has 5 rings (SSSR count). The second-order valence-corrected chi connectivity index (χ2v) is 7.15. The van der Waals surface area contributed by atoms with Crippen LogP contribution in [0.3, 0.4) is 0 Å². The number of anilines is 3. The first-order valence-corrected chi connectivity index (χ1v) is 9.69. The van der Waals surface area contributed by atoms with E-state index in [-0.39, 0.29) is 23.7 Å². The molecule has 2 aromatic heterocycles. The number of imidazole rings is 1. The highest BCUT2D eigenvalue weighted by Crippen LogP contribution is 2.32. The predicted molar refractivity (Wildman–Crippen MR) is 111 cm³/mol. The first-order valence-electron chi connectivity index (χ1n) is 13.7. The Morgan fingerprint density at radius 1 is 1.12 bits per heavy atom. The van der Waals surface area contributed by atoms with Gasteiger partial charge in [-0.15, -0.1) is 0 Å². The third-order valence-corrected chi connectivity index (χ3v) is 4.95. The summed E-state index contributed by atoms with van der Waals surface area (Å²) in [6, 6.07) is -1.69. The number of aromatic nitrogens is 4. The molecule has 3 aromatic rings. The Labute approximate surface area is 193 Å². The number of halogens is 3. The Kier molecular flexibility index (Phi) is 3.63. The summed E-state index contributed by atoms with van der Waals surface area (Å²) in [7, 11) is 0. The molecule has 0 bridgehead atoms. The first-order chi connectivity index (χ1) is 18.5. The number of aliphatic hydroxyl groups is 1. The molecule has 3 heterocycles. The summed E-state index contributed by atoms with van der Waals surface area (Å²) in [6.45, 7) is 0.502. The lowest BCUT2D eigenvalue weighted by atomic mass is 9.93. The Bertz CT molecular complexity index is 1420. The van der Waals surface area contributed by atoms with Crippen LogP contribution in [0.4, 0.5) is 30.8 Å². The van der Waals surface area contributed by atoms with Gasteiger partial charge in [-0.3, -0.25) is 4.57 Å². The number of benzene rings is 1. The fourth-order valence-electron chi connectivity index (χ4n) is 3.49. The van der Waals surface area contributed by atoms with Crippen LogP contribution in [0.15, 0.2) is 18.3 Å². The molecule has 0 radical (unpaired) electrons. The predicted octanol–water partition coefficient (Wildman–Crippen LogP) is 3.66. The normalized spacial score (nSPS) is 33.6. The fourth-order valence-corrected chi connectivity index (χ4v) is 3.49. The van der Waals surface area contributed by atoms with Crippen LogP contribution in [0.2, 0.25) is 0 Å². The molecular weight excluding hydrogens is 425 g/mol. The quantitative estimate of drug-likeness (QED) is 0.539. The van der Waals surface area contributed by atoms with Crippen molar-refractivity contribution in [3.8, 4) is 0 Å². The summed E-state index contributed by atoms with van der Waals surface area (Å²) >= 11 is 0. The van der Waals surface area contributed by atoms with Crippen molar-refractivity contribution in [2.45, 2.75) is 50.1 Å². The number of hydrogen-bond acceptors (Lipinski definition) is 7. The van der Waals surface area contributed by atoms with Crippen LogP contribution in [-0.4, -0.2) is 50.0 Å². The van der Waals surface area contributed by atoms with Crippen LogP contribution in [0.5, 0.6) is 0 Å². The van der Waals surface area contributed by atoms with Gasteiger partial charge in [0.25, 0.3) is 0 Å². The van der Waals surface area contributed by atoms with Gasteiger partial charge in [-0.2, -0.15) is 4.98 Å². The molecule has 8 nitrogen and oxygen atoms in total. The number of rotatable bonds is 5. The second-order valence-electron chi connectivity index (χ2n) is 7.15. The maximum absolute atomic E-state index is 14.4. The summed E-state index contributed by atoms with van der Waals surface area (Å²) in [4.78, 5) is 12.5. The van der Waals surface area contributed by atoms with Gasteiger partial charge in [-0.05, 0) is 31.9 Å². The van der Waals surface area contributed by atoms with E-state index in [2.05, 4.69) is 25.6 Å². The minimum Gasteiger partial charge on any atom is -0.393 e. The molecule has 1 saturated heterocycles. The smallest absolute Gasteiger partial charge is 0.224 e. The molecular formula is C21H23F3N6O2. The molecule has 170 valence electrons. The minimum atomic E-state index is -3.22. The Morgan fingerprint density at radius 3 is 2.56 bits per heavy atom. The highest BCUT2D eigenvalue weighted by Gasteiger charge is 2.27. The van der Waals surface area contributed by atoms with Gasteiger partial charge in [-0.1, -0.05) is 0 Å². The van der Waals surface area contributed by atoms with Crippen LogP contribution in [-0.2, 0) is 4.74 Å². The van der Waals surface area contributed by atoms with Gasteiger partial charge in [0.15, 0.2) is 17.3 Å². The van der Waals surface area contributed by atoms with Crippen molar-refractivity contribution < 1.29 is 34.0 Å². The number of ether oxygens (including phenoxy) is 1. The lowest BCUT2D eigenvalue weighted by Gasteiger charge is -2.26. The topological polar surface area (TPSA) is 97.1 Å². The van der Waals surface area contributed by atoms with E-state index in [9.17, 15) is 18.3 Å². The van der Waals surface area contributed by atoms with Crippen molar-refractivity contribution in [3.05, 3.63) is 35.8 Å². The highest BCUT2D eigenvalue weighted by molar-refractivity contribution is 5.76. The molecule has 32 heavy (non-hydrogen) atoms. The van der Waals surface area contributed by atoms with Crippen LogP contribution >= 0.6 is 0 Å². The van der Waals surface area contributed by atoms with E-state index in [1.807, 2.05) is 0 Å². The molecule has 1 atom stereocenters. The molecule has 1 unspecified atom stereocenters. The molecule has 0 spiro atoms. The second kappa shape index (κ2) is 8.55. The molecule has 2 aliphatic rings. The SMILES string of the molecule is [2H]C1([2H])C(O)C([2H])([2H])C([2H])([2H])C(Nc2ncc3nc(Nc4c(F)cc(F)cc4F)n(C4CCOC4)c3n2)C1([2H])[2H]. The van der Waals surface area contributed by atoms with E-state index < -0.39 is 72.8 Å². The van der Waals surface area contributed by atoms with Gasteiger partial charge in [0.05, 0.1) is 24.9 Å². The van der Waals surface area contributed by atoms with Crippen LogP contribution in [0, 0.1) is 17.5 Å². The lowest BCUT2D eigenvalue weighted by molar-refractivity contribution is 0.126. The van der Waals surface area contributed by atoms with E-state index in [1.165, 1.54) is 4.57 Å². The third-order valence-electron chi connectivity index (χ3n) is 4.95. The van der Waals surface area contributed by atoms with Crippen molar-refractivity contribution in [3.63, 3.8) is 0 Å². The maximum atomic E-state index is 14.4. The van der Waals surface area contributed by atoms with Crippen molar-refractivity contribution in [2.24, 2.45) is 0 Å². The van der Waals surface area contributed by atoms with Crippen molar-refractivity contribution in [2.75, 3.05) is 23.8 Å². The lowest BCUT2D eigenvalue weighted by Crippen LogP contribution is -2.29. The molecule has 3 N–H and O–H groups in total. The summed E-state index contributed by atoms with van der Waals surface area (Å²) in [5, 5.41) is 15.1. The van der Waals surface area contributed by atoms with Gasteiger partial charge < -0.3 is 20.5 Å². The molecule has 1 aromatic carbocycles. The van der Waals surface area contributed by atoms with E-state index in [1.54, 1.807) is 0 Å². The van der Waals surface area contributed by atoms with Gasteiger partial charge >= 0.3 is 0 Å². The largest absolute Gasteiger partial charge is 0.393 e. The zero-order chi connectivity index (χ0) is 29.4. The molecule has 1 saturated carbocycles. The number of nitrogens with zero attached hydrogens (tertiary/aromatic N) is 4. The minimum absolute atomic E-state index is 0.0430. The summed E-state index contributed by atoms with van der Waals surface area (Å²) in [6.07, 6.45) is -13.8. The molecule has 0 amide bonds. The Balaban J connectivity index is 1.59. The van der Waals surface area contributed by atoms with E-state index in [4.69, 9.17) is 15.7 Å². The summed E-state index contributed by atoms with van der Waals surface area (Å²) in [5.41, 5.74) is -0.546. The average molecular weight is 456 g/mol. The standard InChI is InChI=1S/C21H23F3N6O2/c22-11-7-15(23)18(16(24)8-11)28-21-27-17-9-25-20(26-12-1-3-14(31)4-2-12)29-19(17)30(21)13-5-6-32-10-13/h7-9,12-14,31H,1-6,10H2,(H,27,28)(H,25,26,29)/i1D2,2D2,3D2,4D2. The van der Waals surface area contributed by atoms with Crippen molar-refractivity contribution >= 4 is 28.7 Å². The van der Waals surface area contributed by atoms with Crippen LogP contribution < -0.4 is 10.6 Å². The zero-order valence-corrected chi connectivity index (χ0v) is 16.4. The van der Waals surface area contributed by atoms with E-state index in [0.29, 0.717) is 25.2 Å². The molecule has 1 aliphatic heterocycles. The molecule has 1 aliphatic carbocycles. The molecule has 11 heteroatoms. The van der Waals surface area contributed by atoms with Crippen LogP contribution in [0.25, 0.3) is 11.2 Å². The number of fused-ring (bicyclic) bond motifs is 1. The number of nitrogens with one attached hydrogen (secondary N) is 2. The monoisotopic (exact) mass is 456 g/mol. The van der Waals surface area contributed by atoms with E-state index in [0.717, 1.165) is 6.20 Å². The Morgan fingerprint density at radius 2 is 1.88 bits per heavy atom. The summed E-state index contributed by atoms with van der Waals surface area (Å²) < 4.78 is 114. The number of aliphatic hydroxyl groups excluding tert-OH is 1. The van der Waals surface area contributed by atoms with Gasteiger partial charge in [0.1, 0.15) is 17.0 Å². The highest BCUT2D eigenvalue weighted by atomic mass is 19.1. The average Bonchev–Trinajstić information content (AvgIpc) is 3.50. The van der Waals surface area contributed by atoms with Crippen molar-refractivity contribution in [1.82, 2.24) is 19.5 Å². The van der Waals surface area contributed by atoms with Crippen molar-refractivity contribution in [1.29, 1.82) is 0 Å². The Hall–Kier alpha value is -2.92.